The highest BCUT2D eigenvalue weighted by Gasteiger charge is 2.13. The predicted octanol–water partition coefficient (Wildman–Crippen LogP) is 3.34. The Morgan fingerprint density at radius 2 is 2.30 bits per heavy atom. The molecule has 4 nitrogen and oxygen atoms in total. The monoisotopic (exact) mass is 295 g/mol. The highest BCUT2D eigenvalue weighted by Crippen LogP contribution is 2.20. The highest BCUT2D eigenvalue weighted by atomic mass is 35.5. The molecule has 2 rings (SSSR count). The lowest BCUT2D eigenvalue weighted by molar-refractivity contribution is -0.115. The summed E-state index contributed by atoms with van der Waals surface area (Å²) in [6, 6.07) is 6.11. The molecule has 0 atom stereocenters. The Morgan fingerprint density at radius 1 is 1.50 bits per heavy atom. The number of carbonyl (C=O) groups excluding carboxylic acids is 1. The third-order valence-corrected chi connectivity index (χ3v) is 3.17. The van der Waals surface area contributed by atoms with E-state index in [2.05, 4.69) is 22.4 Å². The van der Waals surface area contributed by atoms with Gasteiger partial charge in [-0.15, -0.1) is 0 Å². The van der Waals surface area contributed by atoms with Crippen LogP contribution in [0.25, 0.3) is 0 Å². The molecule has 0 saturated heterocycles. The summed E-state index contributed by atoms with van der Waals surface area (Å²) in [4.78, 5) is 11.9. The van der Waals surface area contributed by atoms with Crippen LogP contribution in [0.4, 0.5) is 10.2 Å². The average molecular weight is 296 g/mol. The Morgan fingerprint density at radius 3 is 3.00 bits per heavy atom. The number of aromatic amines is 1. The third kappa shape index (κ3) is 3.57. The normalized spacial score (nSPS) is 10.6. The number of hydrogen-bond acceptors (Lipinski definition) is 2. The molecular weight excluding hydrogens is 281 g/mol. The second-order valence-electron chi connectivity index (χ2n) is 4.45. The van der Waals surface area contributed by atoms with E-state index in [0.29, 0.717) is 5.82 Å². The summed E-state index contributed by atoms with van der Waals surface area (Å²) >= 11 is 5.88. The van der Waals surface area contributed by atoms with Gasteiger partial charge in [0.25, 0.3) is 0 Å². The second-order valence-corrected chi connectivity index (χ2v) is 4.86. The largest absolute Gasteiger partial charge is 0.309 e. The Balaban J connectivity index is 2.01. The van der Waals surface area contributed by atoms with Gasteiger partial charge in [-0.3, -0.25) is 9.89 Å². The minimum Gasteiger partial charge on any atom is -0.309 e. The summed E-state index contributed by atoms with van der Waals surface area (Å²) in [5.41, 5.74) is 1.14. The van der Waals surface area contributed by atoms with Gasteiger partial charge in [0.05, 0.1) is 6.42 Å². The highest BCUT2D eigenvalue weighted by molar-refractivity contribution is 6.31. The summed E-state index contributed by atoms with van der Waals surface area (Å²) in [7, 11) is 0. The van der Waals surface area contributed by atoms with Gasteiger partial charge in [0, 0.05) is 22.3 Å². The molecule has 20 heavy (non-hydrogen) atoms. The average Bonchev–Trinajstić information content (AvgIpc) is 2.82. The number of nitrogens with zero attached hydrogens (tertiary/aromatic N) is 1. The SMILES string of the molecule is CCCc1cc(NC(=O)Cc2c(F)cccc2Cl)n[nH]1. The summed E-state index contributed by atoms with van der Waals surface area (Å²) in [5, 5.41) is 9.67. The lowest BCUT2D eigenvalue weighted by Gasteiger charge is -2.05. The van der Waals surface area contributed by atoms with Gasteiger partial charge in [-0.1, -0.05) is 31.0 Å². The van der Waals surface area contributed by atoms with Crippen LogP contribution in [0.3, 0.4) is 0 Å². The van der Waals surface area contributed by atoms with E-state index in [4.69, 9.17) is 11.6 Å². The molecule has 2 N–H and O–H groups in total. The molecule has 0 fully saturated rings. The molecule has 6 heteroatoms. The molecule has 2 aromatic rings. The quantitative estimate of drug-likeness (QED) is 0.889. The molecule has 0 spiro atoms. The van der Waals surface area contributed by atoms with Crippen LogP contribution in [0.1, 0.15) is 24.6 Å². The maximum absolute atomic E-state index is 13.6. The van der Waals surface area contributed by atoms with E-state index in [1.807, 2.05) is 0 Å². The van der Waals surface area contributed by atoms with Crippen LogP contribution in [0.15, 0.2) is 24.3 Å². The summed E-state index contributed by atoms with van der Waals surface area (Å²) in [5.74, 6) is -0.404. The molecule has 0 radical (unpaired) electrons. The molecule has 106 valence electrons. The zero-order chi connectivity index (χ0) is 14.5. The van der Waals surface area contributed by atoms with Crippen LogP contribution in [0, 0.1) is 5.82 Å². The van der Waals surface area contributed by atoms with Gasteiger partial charge in [-0.25, -0.2) is 4.39 Å². The fourth-order valence-corrected chi connectivity index (χ4v) is 2.10. The van der Waals surface area contributed by atoms with E-state index in [0.717, 1.165) is 18.5 Å². The standard InChI is InChI=1S/C14H15ClFN3O/c1-2-4-9-7-13(19-18-9)17-14(20)8-10-11(15)5-3-6-12(10)16/h3,5-7H,2,4,8H2,1H3,(H2,17,18,19,20). The molecule has 0 aliphatic rings. The number of anilines is 1. The maximum Gasteiger partial charge on any atom is 0.230 e. The summed E-state index contributed by atoms with van der Waals surface area (Å²) in [6.45, 7) is 2.05. The van der Waals surface area contributed by atoms with Gasteiger partial charge in [0.2, 0.25) is 5.91 Å². The summed E-state index contributed by atoms with van der Waals surface area (Å²) in [6.07, 6.45) is 1.73. The van der Waals surface area contributed by atoms with Crippen molar-refractivity contribution in [1.29, 1.82) is 0 Å². The number of nitrogens with one attached hydrogen (secondary N) is 2. The fourth-order valence-electron chi connectivity index (χ4n) is 1.87. The Kier molecular flexibility index (Phi) is 4.74. The number of benzene rings is 1. The number of halogens is 2. The second kappa shape index (κ2) is 6.52. The first-order chi connectivity index (χ1) is 9.60. The van der Waals surface area contributed by atoms with E-state index in [-0.39, 0.29) is 22.9 Å². The van der Waals surface area contributed by atoms with Gasteiger partial charge < -0.3 is 5.32 Å². The number of carbonyl (C=O) groups is 1. The number of hydrogen-bond donors (Lipinski definition) is 2. The first-order valence-electron chi connectivity index (χ1n) is 6.37. The van der Waals surface area contributed by atoms with Crippen LogP contribution in [0.5, 0.6) is 0 Å². The zero-order valence-corrected chi connectivity index (χ0v) is 11.8. The summed E-state index contributed by atoms with van der Waals surface area (Å²) < 4.78 is 13.6. The van der Waals surface area contributed by atoms with E-state index in [1.54, 1.807) is 12.1 Å². The van der Waals surface area contributed by atoms with Gasteiger partial charge in [0.1, 0.15) is 5.82 Å². The smallest absolute Gasteiger partial charge is 0.230 e. The number of rotatable bonds is 5. The molecule has 0 unspecified atom stereocenters. The topological polar surface area (TPSA) is 57.8 Å². The van der Waals surface area contributed by atoms with Crippen molar-refractivity contribution in [2.24, 2.45) is 0 Å². The first-order valence-corrected chi connectivity index (χ1v) is 6.75. The number of H-pyrrole nitrogens is 1. The molecule has 0 saturated carbocycles. The van der Waals surface area contributed by atoms with E-state index >= 15 is 0 Å². The molecule has 1 amide bonds. The number of aryl methyl sites for hydroxylation is 1. The van der Waals surface area contributed by atoms with Gasteiger partial charge in [-0.05, 0) is 18.6 Å². The Labute approximate surface area is 121 Å². The van der Waals surface area contributed by atoms with Crippen LogP contribution >= 0.6 is 11.6 Å². The van der Waals surface area contributed by atoms with E-state index in [9.17, 15) is 9.18 Å². The molecular formula is C14H15ClFN3O. The van der Waals surface area contributed by atoms with Gasteiger partial charge >= 0.3 is 0 Å². The van der Waals surface area contributed by atoms with Crippen molar-refractivity contribution in [2.45, 2.75) is 26.2 Å². The van der Waals surface area contributed by atoms with Crippen LogP contribution in [0.2, 0.25) is 5.02 Å². The predicted molar refractivity (Wildman–Crippen MR) is 76.3 cm³/mol. The van der Waals surface area contributed by atoms with Crippen molar-refractivity contribution in [3.8, 4) is 0 Å². The molecule has 0 bridgehead atoms. The van der Waals surface area contributed by atoms with Crippen LogP contribution in [-0.4, -0.2) is 16.1 Å². The van der Waals surface area contributed by atoms with Crippen molar-refractivity contribution in [3.05, 3.63) is 46.4 Å². The molecule has 0 aliphatic heterocycles. The van der Waals surface area contributed by atoms with Crippen molar-refractivity contribution < 1.29 is 9.18 Å². The van der Waals surface area contributed by atoms with Crippen molar-refractivity contribution in [3.63, 3.8) is 0 Å². The van der Waals surface area contributed by atoms with Crippen molar-refractivity contribution in [2.75, 3.05) is 5.32 Å². The molecule has 1 aromatic heterocycles. The van der Waals surface area contributed by atoms with Crippen molar-refractivity contribution >= 4 is 23.3 Å². The fraction of sp³-hybridized carbons (Fsp3) is 0.286. The lowest BCUT2D eigenvalue weighted by Crippen LogP contribution is -2.15. The van der Waals surface area contributed by atoms with E-state index in [1.165, 1.54) is 12.1 Å². The van der Waals surface area contributed by atoms with Gasteiger partial charge in [-0.2, -0.15) is 5.10 Å². The first kappa shape index (κ1) is 14.5. The van der Waals surface area contributed by atoms with Crippen LogP contribution in [-0.2, 0) is 17.6 Å². The Bertz CT molecular complexity index is 592. The van der Waals surface area contributed by atoms with Gasteiger partial charge in [0.15, 0.2) is 5.82 Å². The van der Waals surface area contributed by atoms with Crippen molar-refractivity contribution in [1.82, 2.24) is 10.2 Å². The van der Waals surface area contributed by atoms with Crippen LogP contribution < -0.4 is 5.32 Å². The molecule has 1 aromatic carbocycles. The molecule has 1 heterocycles. The number of amides is 1. The maximum atomic E-state index is 13.6. The third-order valence-electron chi connectivity index (χ3n) is 2.82. The zero-order valence-electron chi connectivity index (χ0n) is 11.0. The minimum absolute atomic E-state index is 0.124. The number of aromatic nitrogens is 2. The molecule has 0 aliphatic carbocycles. The lowest BCUT2D eigenvalue weighted by atomic mass is 10.1. The Hall–Kier alpha value is -1.88. The van der Waals surface area contributed by atoms with E-state index < -0.39 is 5.82 Å². The minimum atomic E-state index is -0.485.